The number of rotatable bonds is 4. The number of hydrogen-bond donors (Lipinski definition) is 1. The van der Waals surface area contributed by atoms with Gasteiger partial charge >= 0.3 is 0 Å². The lowest BCUT2D eigenvalue weighted by Gasteiger charge is -2.09. The monoisotopic (exact) mass is 315 g/mol. The molecule has 1 aromatic carbocycles. The van der Waals surface area contributed by atoms with Gasteiger partial charge in [-0.3, -0.25) is 0 Å². The average molecular weight is 316 g/mol. The molecular formula is C13H14ClNO2S2. The van der Waals surface area contributed by atoms with Crippen LogP contribution in [0.1, 0.15) is 9.75 Å². The van der Waals surface area contributed by atoms with E-state index in [-0.39, 0.29) is 4.90 Å². The molecule has 0 aliphatic carbocycles. The van der Waals surface area contributed by atoms with Crippen LogP contribution < -0.4 is 5.32 Å². The van der Waals surface area contributed by atoms with Gasteiger partial charge in [0.2, 0.25) is 0 Å². The van der Waals surface area contributed by atoms with Crippen LogP contribution in [0.4, 0.5) is 5.69 Å². The Morgan fingerprint density at radius 2 is 2.00 bits per heavy atom. The molecule has 1 heterocycles. The van der Waals surface area contributed by atoms with Crippen molar-refractivity contribution in [3.63, 3.8) is 0 Å². The number of thiophene rings is 1. The smallest absolute Gasteiger partial charge is 0.175 e. The molecule has 0 bridgehead atoms. The Kier molecular flexibility index (Phi) is 4.18. The summed E-state index contributed by atoms with van der Waals surface area (Å²) in [5.74, 6) is 0. The Hall–Kier alpha value is -1.04. The first-order chi connectivity index (χ1) is 8.86. The van der Waals surface area contributed by atoms with Gasteiger partial charge in [0, 0.05) is 22.6 Å². The minimum Gasteiger partial charge on any atom is -0.379 e. The van der Waals surface area contributed by atoms with E-state index in [4.69, 9.17) is 11.6 Å². The third kappa shape index (κ3) is 3.72. The van der Waals surface area contributed by atoms with Crippen LogP contribution in [-0.2, 0) is 16.4 Å². The van der Waals surface area contributed by atoms with E-state index in [2.05, 4.69) is 11.4 Å². The van der Waals surface area contributed by atoms with Gasteiger partial charge in [-0.1, -0.05) is 11.6 Å². The minimum atomic E-state index is -3.22. The lowest BCUT2D eigenvalue weighted by atomic mass is 10.3. The van der Waals surface area contributed by atoms with Crippen molar-refractivity contribution in [2.45, 2.75) is 18.4 Å². The summed E-state index contributed by atoms with van der Waals surface area (Å²) in [4.78, 5) is 2.69. The van der Waals surface area contributed by atoms with Crippen molar-refractivity contribution in [3.05, 3.63) is 45.1 Å². The average Bonchev–Trinajstić information content (AvgIpc) is 2.72. The van der Waals surface area contributed by atoms with Crippen LogP contribution in [0.3, 0.4) is 0 Å². The molecule has 0 unspecified atom stereocenters. The van der Waals surface area contributed by atoms with E-state index in [0.717, 1.165) is 0 Å². The van der Waals surface area contributed by atoms with E-state index in [1.165, 1.54) is 22.1 Å². The van der Waals surface area contributed by atoms with Crippen LogP contribution in [0.5, 0.6) is 0 Å². The van der Waals surface area contributed by atoms with Crippen LogP contribution in [0, 0.1) is 6.92 Å². The number of nitrogens with one attached hydrogen (secondary N) is 1. The van der Waals surface area contributed by atoms with Gasteiger partial charge in [0.15, 0.2) is 9.84 Å². The predicted molar refractivity (Wildman–Crippen MR) is 80.9 cm³/mol. The third-order valence-corrected chi connectivity index (χ3v) is 5.06. The molecule has 0 saturated heterocycles. The Labute approximate surface area is 122 Å². The molecule has 19 heavy (non-hydrogen) atoms. The van der Waals surface area contributed by atoms with Gasteiger partial charge in [-0.15, -0.1) is 11.3 Å². The standard InChI is InChI=1S/C13H14ClNO2S2/c1-9-3-4-10(18-9)8-15-13-7-11(19(2,16)17)5-6-12(13)14/h3-7,15H,8H2,1-2H3. The second kappa shape index (κ2) is 5.53. The van der Waals surface area contributed by atoms with Gasteiger partial charge in [-0.25, -0.2) is 8.42 Å². The van der Waals surface area contributed by atoms with Crippen LogP contribution in [0.25, 0.3) is 0 Å². The first-order valence-electron chi connectivity index (χ1n) is 5.65. The molecule has 1 aromatic heterocycles. The van der Waals surface area contributed by atoms with Gasteiger partial charge in [-0.05, 0) is 37.3 Å². The first-order valence-corrected chi connectivity index (χ1v) is 8.73. The number of anilines is 1. The zero-order valence-corrected chi connectivity index (χ0v) is 13.0. The zero-order valence-electron chi connectivity index (χ0n) is 10.6. The van der Waals surface area contributed by atoms with Crippen LogP contribution >= 0.6 is 22.9 Å². The molecule has 1 N–H and O–H groups in total. The topological polar surface area (TPSA) is 46.2 Å². The molecular weight excluding hydrogens is 302 g/mol. The van der Waals surface area contributed by atoms with Crippen molar-refractivity contribution in [1.82, 2.24) is 0 Å². The van der Waals surface area contributed by atoms with Gasteiger partial charge in [0.25, 0.3) is 0 Å². The second-order valence-corrected chi connectivity index (χ2v) is 8.08. The molecule has 2 rings (SSSR count). The summed E-state index contributed by atoms with van der Waals surface area (Å²) in [6, 6.07) is 8.77. The Bertz CT molecular complexity index is 692. The van der Waals surface area contributed by atoms with Crippen molar-refractivity contribution in [2.24, 2.45) is 0 Å². The maximum absolute atomic E-state index is 11.5. The number of benzene rings is 1. The lowest BCUT2D eigenvalue weighted by Crippen LogP contribution is -2.02. The normalized spacial score (nSPS) is 11.5. The summed E-state index contributed by atoms with van der Waals surface area (Å²) in [6.07, 6.45) is 1.18. The van der Waals surface area contributed by atoms with Crippen molar-refractivity contribution < 1.29 is 8.42 Å². The van der Waals surface area contributed by atoms with E-state index in [1.54, 1.807) is 23.5 Å². The number of aryl methyl sites for hydroxylation is 1. The molecule has 0 radical (unpaired) electrons. The summed E-state index contributed by atoms with van der Waals surface area (Å²) in [7, 11) is -3.22. The lowest BCUT2D eigenvalue weighted by molar-refractivity contribution is 0.602. The summed E-state index contributed by atoms with van der Waals surface area (Å²) in [5, 5.41) is 3.68. The first kappa shape index (κ1) is 14.4. The molecule has 0 atom stereocenters. The molecule has 0 spiro atoms. The maximum Gasteiger partial charge on any atom is 0.175 e. The SMILES string of the molecule is Cc1ccc(CNc2cc(S(C)(=O)=O)ccc2Cl)s1. The third-order valence-electron chi connectivity index (χ3n) is 2.62. The van der Waals surface area contributed by atoms with E-state index in [1.807, 2.05) is 13.0 Å². The van der Waals surface area contributed by atoms with Crippen LogP contribution in [0.15, 0.2) is 35.2 Å². The molecule has 0 fully saturated rings. The highest BCUT2D eigenvalue weighted by molar-refractivity contribution is 7.90. The fraction of sp³-hybridized carbons (Fsp3) is 0.231. The summed E-state index contributed by atoms with van der Waals surface area (Å²) >= 11 is 7.76. The molecule has 0 aliphatic heterocycles. The highest BCUT2D eigenvalue weighted by Crippen LogP contribution is 2.26. The van der Waals surface area contributed by atoms with Crippen molar-refractivity contribution in [1.29, 1.82) is 0 Å². The molecule has 0 saturated carbocycles. The number of hydrogen-bond acceptors (Lipinski definition) is 4. The van der Waals surface area contributed by atoms with E-state index in [0.29, 0.717) is 17.3 Å². The van der Waals surface area contributed by atoms with Crippen LogP contribution in [-0.4, -0.2) is 14.7 Å². The zero-order chi connectivity index (χ0) is 14.0. The van der Waals surface area contributed by atoms with Gasteiger partial charge < -0.3 is 5.32 Å². The minimum absolute atomic E-state index is 0.266. The van der Waals surface area contributed by atoms with Gasteiger partial charge in [0.1, 0.15) is 0 Å². The number of halogens is 1. The molecule has 0 aliphatic rings. The maximum atomic E-state index is 11.5. The molecule has 102 valence electrons. The van der Waals surface area contributed by atoms with Gasteiger partial charge in [0.05, 0.1) is 15.6 Å². The predicted octanol–water partition coefficient (Wildman–Crippen LogP) is 3.73. The highest BCUT2D eigenvalue weighted by atomic mass is 35.5. The Morgan fingerprint density at radius 3 is 2.58 bits per heavy atom. The summed E-state index contributed by atoms with van der Waals surface area (Å²) in [6.45, 7) is 2.68. The van der Waals surface area contributed by atoms with Crippen molar-refractivity contribution >= 4 is 38.5 Å². The fourth-order valence-corrected chi connectivity index (χ4v) is 3.29. The second-order valence-electron chi connectivity index (χ2n) is 4.28. The molecule has 2 aromatic rings. The molecule has 3 nitrogen and oxygen atoms in total. The Morgan fingerprint density at radius 1 is 1.26 bits per heavy atom. The fourth-order valence-electron chi connectivity index (χ4n) is 1.63. The number of sulfone groups is 1. The summed E-state index contributed by atoms with van der Waals surface area (Å²) in [5.41, 5.74) is 0.635. The van der Waals surface area contributed by atoms with Gasteiger partial charge in [-0.2, -0.15) is 0 Å². The quantitative estimate of drug-likeness (QED) is 0.935. The van der Waals surface area contributed by atoms with Crippen molar-refractivity contribution in [2.75, 3.05) is 11.6 Å². The van der Waals surface area contributed by atoms with E-state index >= 15 is 0 Å². The molecule has 6 heteroatoms. The molecule has 0 amide bonds. The summed E-state index contributed by atoms with van der Waals surface area (Å²) < 4.78 is 23.0. The highest BCUT2D eigenvalue weighted by Gasteiger charge is 2.10. The van der Waals surface area contributed by atoms with E-state index in [9.17, 15) is 8.42 Å². The largest absolute Gasteiger partial charge is 0.379 e. The van der Waals surface area contributed by atoms with Crippen LogP contribution in [0.2, 0.25) is 5.02 Å². The Balaban J connectivity index is 2.20. The van der Waals surface area contributed by atoms with Crippen molar-refractivity contribution in [3.8, 4) is 0 Å². The van der Waals surface area contributed by atoms with E-state index < -0.39 is 9.84 Å².